The van der Waals surface area contributed by atoms with Crippen LogP contribution in [0.3, 0.4) is 0 Å². The van der Waals surface area contributed by atoms with Gasteiger partial charge in [0.1, 0.15) is 0 Å². The third kappa shape index (κ3) is 4.92. The van der Waals surface area contributed by atoms with Gasteiger partial charge in [0, 0.05) is 7.11 Å². The van der Waals surface area contributed by atoms with Gasteiger partial charge in [-0.1, -0.05) is 86.6 Å². The van der Waals surface area contributed by atoms with E-state index >= 15 is 0 Å². The van der Waals surface area contributed by atoms with Crippen molar-refractivity contribution in [1.82, 2.24) is 4.90 Å². The SMILES string of the molecule is CCN(CC)CCC1CCc2cc(-c3ccc(-c4ccccc4)cc3)ccc2C1OC. The highest BCUT2D eigenvalue weighted by Gasteiger charge is 2.29. The average molecular weight is 414 g/mol. The Kier molecular flexibility index (Phi) is 7.21. The highest BCUT2D eigenvalue weighted by Crippen LogP contribution is 2.40. The van der Waals surface area contributed by atoms with Crippen LogP contribution in [0.15, 0.2) is 72.8 Å². The fourth-order valence-corrected chi connectivity index (χ4v) is 5.01. The lowest BCUT2D eigenvalue weighted by atomic mass is 9.78. The second-order valence-corrected chi connectivity index (χ2v) is 8.63. The minimum absolute atomic E-state index is 0.216. The van der Waals surface area contributed by atoms with Gasteiger partial charge in [-0.3, -0.25) is 0 Å². The number of ether oxygens (including phenoxy) is 1. The van der Waals surface area contributed by atoms with E-state index < -0.39 is 0 Å². The summed E-state index contributed by atoms with van der Waals surface area (Å²) >= 11 is 0. The summed E-state index contributed by atoms with van der Waals surface area (Å²) in [4.78, 5) is 2.52. The van der Waals surface area contributed by atoms with Gasteiger partial charge in [0.05, 0.1) is 6.10 Å². The van der Waals surface area contributed by atoms with Crippen molar-refractivity contribution < 1.29 is 4.74 Å². The first kappa shape index (κ1) is 21.8. The normalized spacial score (nSPS) is 18.2. The Balaban J connectivity index is 1.51. The van der Waals surface area contributed by atoms with Crippen LogP contribution >= 0.6 is 0 Å². The molecule has 0 amide bonds. The molecule has 31 heavy (non-hydrogen) atoms. The minimum atomic E-state index is 0.216. The van der Waals surface area contributed by atoms with Crippen molar-refractivity contribution >= 4 is 0 Å². The second-order valence-electron chi connectivity index (χ2n) is 8.63. The minimum Gasteiger partial charge on any atom is -0.376 e. The Labute approximate surface area is 187 Å². The smallest absolute Gasteiger partial charge is 0.0852 e. The quantitative estimate of drug-likeness (QED) is 0.394. The molecule has 2 nitrogen and oxygen atoms in total. The van der Waals surface area contributed by atoms with Crippen LogP contribution in [0.2, 0.25) is 0 Å². The highest BCUT2D eigenvalue weighted by atomic mass is 16.5. The molecule has 162 valence electrons. The predicted octanol–water partition coefficient (Wildman–Crippen LogP) is 7.00. The number of methoxy groups -OCH3 is 1. The number of hydrogen-bond donors (Lipinski definition) is 0. The molecule has 3 aromatic rings. The molecule has 0 spiro atoms. The Hall–Kier alpha value is -2.42. The van der Waals surface area contributed by atoms with Gasteiger partial charge in [-0.05, 0) is 78.2 Å². The van der Waals surface area contributed by atoms with E-state index in [0.717, 1.165) is 19.5 Å². The fraction of sp³-hybridized carbons (Fsp3) is 0.379. The molecule has 0 fully saturated rings. The first-order chi connectivity index (χ1) is 15.2. The van der Waals surface area contributed by atoms with Gasteiger partial charge < -0.3 is 9.64 Å². The third-order valence-corrected chi connectivity index (χ3v) is 6.95. The van der Waals surface area contributed by atoms with Crippen LogP contribution in [0.1, 0.15) is 43.9 Å². The van der Waals surface area contributed by atoms with E-state index in [9.17, 15) is 0 Å². The number of nitrogens with zero attached hydrogens (tertiary/aromatic N) is 1. The molecule has 2 heteroatoms. The Morgan fingerprint density at radius 2 is 1.42 bits per heavy atom. The van der Waals surface area contributed by atoms with Crippen LogP contribution < -0.4 is 0 Å². The van der Waals surface area contributed by atoms with Gasteiger partial charge in [-0.2, -0.15) is 0 Å². The van der Waals surface area contributed by atoms with Crippen molar-refractivity contribution in [2.24, 2.45) is 5.92 Å². The molecular weight excluding hydrogens is 378 g/mol. The topological polar surface area (TPSA) is 12.5 Å². The number of fused-ring (bicyclic) bond motifs is 1. The van der Waals surface area contributed by atoms with Gasteiger partial charge in [-0.15, -0.1) is 0 Å². The maximum atomic E-state index is 6.02. The zero-order valence-electron chi connectivity index (χ0n) is 19.2. The summed E-state index contributed by atoms with van der Waals surface area (Å²) in [6.07, 6.45) is 3.79. The van der Waals surface area contributed by atoms with Crippen molar-refractivity contribution in [3.05, 3.63) is 83.9 Å². The van der Waals surface area contributed by atoms with E-state index in [1.165, 1.54) is 52.8 Å². The molecule has 0 aliphatic heterocycles. The van der Waals surface area contributed by atoms with Gasteiger partial charge in [0.15, 0.2) is 0 Å². The molecule has 0 bridgehead atoms. The monoisotopic (exact) mass is 413 g/mol. The van der Waals surface area contributed by atoms with Crippen LogP contribution in [0, 0.1) is 5.92 Å². The van der Waals surface area contributed by atoms with Crippen molar-refractivity contribution in [2.45, 2.75) is 39.2 Å². The van der Waals surface area contributed by atoms with E-state index in [4.69, 9.17) is 4.74 Å². The Morgan fingerprint density at radius 3 is 2.06 bits per heavy atom. The summed E-state index contributed by atoms with van der Waals surface area (Å²) in [5, 5.41) is 0. The van der Waals surface area contributed by atoms with E-state index in [-0.39, 0.29) is 6.10 Å². The van der Waals surface area contributed by atoms with Crippen molar-refractivity contribution in [3.63, 3.8) is 0 Å². The lowest BCUT2D eigenvalue weighted by molar-refractivity contribution is 0.0328. The molecular formula is C29H35NO. The van der Waals surface area contributed by atoms with E-state index in [1.54, 1.807) is 0 Å². The molecule has 2 unspecified atom stereocenters. The van der Waals surface area contributed by atoms with Crippen molar-refractivity contribution in [3.8, 4) is 22.3 Å². The summed E-state index contributed by atoms with van der Waals surface area (Å²) in [5.41, 5.74) is 7.95. The first-order valence-electron chi connectivity index (χ1n) is 11.8. The Morgan fingerprint density at radius 1 is 0.806 bits per heavy atom. The number of aryl methyl sites for hydroxylation is 1. The lowest BCUT2D eigenvalue weighted by Crippen LogP contribution is -2.29. The number of benzene rings is 3. The number of hydrogen-bond acceptors (Lipinski definition) is 2. The molecule has 0 aromatic heterocycles. The molecule has 0 N–H and O–H groups in total. The van der Waals surface area contributed by atoms with Gasteiger partial charge in [0.25, 0.3) is 0 Å². The van der Waals surface area contributed by atoms with Crippen LogP contribution in [0.5, 0.6) is 0 Å². The summed E-state index contributed by atoms with van der Waals surface area (Å²) in [7, 11) is 1.88. The Bertz CT molecular complexity index is 960. The van der Waals surface area contributed by atoms with Gasteiger partial charge >= 0.3 is 0 Å². The summed E-state index contributed by atoms with van der Waals surface area (Å²) in [5.74, 6) is 0.606. The zero-order chi connectivity index (χ0) is 21.6. The third-order valence-electron chi connectivity index (χ3n) is 6.95. The van der Waals surface area contributed by atoms with E-state index in [2.05, 4.69) is 91.5 Å². The van der Waals surface area contributed by atoms with Crippen molar-refractivity contribution in [2.75, 3.05) is 26.7 Å². The maximum Gasteiger partial charge on any atom is 0.0852 e. The van der Waals surface area contributed by atoms with Crippen LogP contribution in [0.25, 0.3) is 22.3 Å². The highest BCUT2D eigenvalue weighted by molar-refractivity contribution is 5.71. The average Bonchev–Trinajstić information content (AvgIpc) is 2.84. The molecule has 3 aromatic carbocycles. The second kappa shape index (κ2) is 10.3. The fourth-order valence-electron chi connectivity index (χ4n) is 5.01. The van der Waals surface area contributed by atoms with Crippen molar-refractivity contribution in [1.29, 1.82) is 0 Å². The van der Waals surface area contributed by atoms with E-state index in [0.29, 0.717) is 5.92 Å². The zero-order valence-corrected chi connectivity index (χ0v) is 19.2. The van der Waals surface area contributed by atoms with Gasteiger partial charge in [-0.25, -0.2) is 0 Å². The van der Waals surface area contributed by atoms with Gasteiger partial charge in [0.2, 0.25) is 0 Å². The van der Waals surface area contributed by atoms with Crippen LogP contribution in [-0.4, -0.2) is 31.6 Å². The molecule has 2 atom stereocenters. The maximum absolute atomic E-state index is 6.02. The lowest BCUT2D eigenvalue weighted by Gasteiger charge is -2.34. The summed E-state index contributed by atoms with van der Waals surface area (Å²) in [6.45, 7) is 7.93. The molecule has 0 radical (unpaired) electrons. The predicted molar refractivity (Wildman–Crippen MR) is 131 cm³/mol. The van der Waals surface area contributed by atoms with E-state index in [1.807, 2.05) is 7.11 Å². The molecule has 4 rings (SSSR count). The molecule has 0 saturated heterocycles. The molecule has 0 heterocycles. The van der Waals surface area contributed by atoms with Crippen LogP contribution in [-0.2, 0) is 11.2 Å². The molecule has 1 aliphatic carbocycles. The molecule has 0 saturated carbocycles. The molecule has 1 aliphatic rings. The standard InChI is InChI=1S/C29H35NO/c1-4-30(5-2)20-19-25-15-16-27-21-26(17-18-28(27)29(25)31-3)24-13-11-23(12-14-24)22-9-7-6-8-10-22/h6-14,17-18,21,25,29H,4-5,15-16,19-20H2,1-3H3. The summed E-state index contributed by atoms with van der Waals surface area (Å²) < 4.78 is 6.02. The van der Waals surface area contributed by atoms with Crippen LogP contribution in [0.4, 0.5) is 0 Å². The largest absolute Gasteiger partial charge is 0.376 e. The summed E-state index contributed by atoms with van der Waals surface area (Å²) in [6, 6.07) is 26.5. The number of rotatable bonds is 8. The first-order valence-corrected chi connectivity index (χ1v) is 11.8.